The number of hydrogen-bond acceptors (Lipinski definition) is 4. The molecule has 1 amide bonds. The summed E-state index contributed by atoms with van der Waals surface area (Å²) in [5, 5.41) is 11.2. The molecule has 1 aromatic carbocycles. The van der Waals surface area contributed by atoms with E-state index in [0.29, 0.717) is 23.0 Å². The van der Waals surface area contributed by atoms with Gasteiger partial charge in [0.2, 0.25) is 0 Å². The molecule has 0 aromatic heterocycles. The molecule has 0 saturated heterocycles. The minimum Gasteiger partial charge on any atom is -0.482 e. The van der Waals surface area contributed by atoms with E-state index in [1.165, 1.54) is 0 Å². The Hall–Kier alpha value is -1.93. The number of benzene rings is 1. The van der Waals surface area contributed by atoms with Crippen LogP contribution in [0.4, 0.5) is 5.69 Å². The van der Waals surface area contributed by atoms with Crippen LogP contribution < -0.4 is 15.8 Å². The van der Waals surface area contributed by atoms with E-state index >= 15 is 0 Å². The predicted octanol–water partition coefficient (Wildman–Crippen LogP) is 1.33. The number of carbonyl (C=O) groups is 1. The Bertz CT molecular complexity index is 443. The van der Waals surface area contributed by atoms with Crippen LogP contribution >= 0.6 is 11.6 Å². The van der Waals surface area contributed by atoms with E-state index in [4.69, 9.17) is 27.3 Å². The molecule has 5 nitrogen and oxygen atoms in total. The molecule has 0 atom stereocenters. The Morgan fingerprint density at radius 1 is 1.59 bits per heavy atom. The number of rotatable bonds is 5. The minimum atomic E-state index is -0.298. The molecule has 1 aromatic rings. The first-order valence-corrected chi connectivity index (χ1v) is 5.32. The lowest BCUT2D eigenvalue weighted by Crippen LogP contribution is -2.29. The van der Waals surface area contributed by atoms with E-state index < -0.39 is 0 Å². The Morgan fingerprint density at radius 2 is 2.35 bits per heavy atom. The van der Waals surface area contributed by atoms with Gasteiger partial charge in [-0.2, -0.15) is 5.26 Å². The first-order chi connectivity index (χ1) is 8.13. The maximum absolute atomic E-state index is 11.3. The summed E-state index contributed by atoms with van der Waals surface area (Å²) in [6.45, 7) is 0.170. The van der Waals surface area contributed by atoms with E-state index in [-0.39, 0.29) is 18.9 Å². The number of ether oxygens (including phenoxy) is 1. The van der Waals surface area contributed by atoms with E-state index in [0.717, 1.165) is 0 Å². The van der Waals surface area contributed by atoms with E-state index in [1.54, 1.807) is 18.2 Å². The van der Waals surface area contributed by atoms with Crippen molar-refractivity contribution < 1.29 is 9.53 Å². The van der Waals surface area contributed by atoms with Crippen molar-refractivity contribution in [3.8, 4) is 11.8 Å². The molecule has 0 bridgehead atoms. The highest BCUT2D eigenvalue weighted by Gasteiger charge is 2.05. The first kappa shape index (κ1) is 13.1. The van der Waals surface area contributed by atoms with Gasteiger partial charge in [0, 0.05) is 12.2 Å². The zero-order valence-corrected chi connectivity index (χ0v) is 9.83. The molecule has 0 saturated carbocycles. The highest BCUT2D eigenvalue weighted by atomic mass is 35.5. The third-order valence-corrected chi connectivity index (χ3v) is 2.17. The van der Waals surface area contributed by atoms with Crippen molar-refractivity contribution in [2.45, 2.75) is 6.42 Å². The number of nitriles is 1. The molecule has 0 radical (unpaired) electrons. The van der Waals surface area contributed by atoms with Crippen LogP contribution in [-0.4, -0.2) is 19.1 Å². The molecule has 0 aliphatic heterocycles. The molecule has 3 N–H and O–H groups in total. The normalized spacial score (nSPS) is 9.41. The molecule has 6 heteroatoms. The largest absolute Gasteiger partial charge is 0.482 e. The lowest BCUT2D eigenvalue weighted by atomic mass is 10.3. The van der Waals surface area contributed by atoms with Gasteiger partial charge in [-0.3, -0.25) is 4.79 Å². The topological polar surface area (TPSA) is 88.1 Å². The number of nitrogen functional groups attached to an aromatic ring is 1. The molecular weight excluding hydrogens is 242 g/mol. The molecule has 1 rings (SSSR count). The monoisotopic (exact) mass is 253 g/mol. The molecule has 0 spiro atoms. The van der Waals surface area contributed by atoms with Gasteiger partial charge in [0.05, 0.1) is 17.5 Å². The van der Waals surface area contributed by atoms with Crippen LogP contribution in [0.3, 0.4) is 0 Å². The zero-order chi connectivity index (χ0) is 12.7. The van der Waals surface area contributed by atoms with Crippen LogP contribution in [0.25, 0.3) is 0 Å². The average Bonchev–Trinajstić information content (AvgIpc) is 2.28. The summed E-state index contributed by atoms with van der Waals surface area (Å²) in [5.74, 6) is 0.101. The Kier molecular flexibility index (Phi) is 5.11. The van der Waals surface area contributed by atoms with Gasteiger partial charge in [0.15, 0.2) is 6.61 Å². The van der Waals surface area contributed by atoms with Crippen LogP contribution in [0.2, 0.25) is 5.02 Å². The van der Waals surface area contributed by atoms with Crippen LogP contribution in [0.1, 0.15) is 6.42 Å². The SMILES string of the molecule is N#CCCNC(=O)COc1ccc(N)cc1Cl. The third kappa shape index (κ3) is 4.62. The second-order valence-electron chi connectivity index (χ2n) is 3.24. The fourth-order valence-electron chi connectivity index (χ4n) is 1.09. The second-order valence-corrected chi connectivity index (χ2v) is 3.64. The van der Waals surface area contributed by atoms with Gasteiger partial charge in [-0.05, 0) is 18.2 Å². The predicted molar refractivity (Wildman–Crippen MR) is 64.6 cm³/mol. The molecule has 0 unspecified atom stereocenters. The summed E-state index contributed by atoms with van der Waals surface area (Å²) >= 11 is 5.86. The van der Waals surface area contributed by atoms with Gasteiger partial charge in [0.25, 0.3) is 5.91 Å². The molecule has 0 heterocycles. The number of nitrogens with zero attached hydrogens (tertiary/aromatic N) is 1. The summed E-state index contributed by atoms with van der Waals surface area (Å²) in [7, 11) is 0. The van der Waals surface area contributed by atoms with Crippen LogP contribution in [0.5, 0.6) is 5.75 Å². The van der Waals surface area contributed by atoms with Gasteiger partial charge >= 0.3 is 0 Å². The summed E-state index contributed by atoms with van der Waals surface area (Å²) in [6.07, 6.45) is 0.272. The van der Waals surface area contributed by atoms with Crippen molar-refractivity contribution in [1.82, 2.24) is 5.32 Å². The molecule has 0 aliphatic carbocycles. The number of halogens is 1. The second kappa shape index (κ2) is 6.61. The fourth-order valence-corrected chi connectivity index (χ4v) is 1.33. The Balaban J connectivity index is 2.40. The number of hydrogen-bond donors (Lipinski definition) is 2. The molecular formula is C11H12ClN3O2. The van der Waals surface area contributed by atoms with E-state index in [1.807, 2.05) is 6.07 Å². The van der Waals surface area contributed by atoms with E-state index in [9.17, 15) is 4.79 Å². The van der Waals surface area contributed by atoms with Crippen molar-refractivity contribution in [2.75, 3.05) is 18.9 Å². The third-order valence-electron chi connectivity index (χ3n) is 1.87. The number of carbonyl (C=O) groups excluding carboxylic acids is 1. The Morgan fingerprint density at radius 3 is 3.00 bits per heavy atom. The quantitative estimate of drug-likeness (QED) is 0.612. The van der Waals surface area contributed by atoms with Crippen LogP contribution in [-0.2, 0) is 4.79 Å². The van der Waals surface area contributed by atoms with Crippen molar-refractivity contribution in [2.24, 2.45) is 0 Å². The number of nitrogens with two attached hydrogens (primary N) is 1. The molecule has 17 heavy (non-hydrogen) atoms. The first-order valence-electron chi connectivity index (χ1n) is 4.95. The Labute approximate surface area is 104 Å². The maximum atomic E-state index is 11.3. The number of nitrogens with one attached hydrogen (secondary N) is 1. The van der Waals surface area contributed by atoms with E-state index in [2.05, 4.69) is 5.32 Å². The van der Waals surface area contributed by atoms with Crippen molar-refractivity contribution in [3.63, 3.8) is 0 Å². The molecule has 0 fully saturated rings. The highest BCUT2D eigenvalue weighted by molar-refractivity contribution is 6.32. The minimum absolute atomic E-state index is 0.144. The average molecular weight is 254 g/mol. The summed E-state index contributed by atoms with van der Waals surface area (Å²) in [4.78, 5) is 11.3. The number of anilines is 1. The molecule has 90 valence electrons. The number of amides is 1. The summed E-state index contributed by atoms with van der Waals surface area (Å²) in [6, 6.07) is 6.70. The van der Waals surface area contributed by atoms with Gasteiger partial charge in [-0.15, -0.1) is 0 Å². The van der Waals surface area contributed by atoms with Gasteiger partial charge in [0.1, 0.15) is 5.75 Å². The smallest absolute Gasteiger partial charge is 0.257 e. The van der Waals surface area contributed by atoms with Gasteiger partial charge in [-0.1, -0.05) is 11.6 Å². The standard InChI is InChI=1S/C11H12ClN3O2/c12-9-6-8(14)2-3-10(9)17-7-11(16)15-5-1-4-13/h2-3,6H,1,5,7,14H2,(H,15,16). The summed E-state index contributed by atoms with van der Waals surface area (Å²) < 4.78 is 5.20. The molecule has 0 aliphatic rings. The van der Waals surface area contributed by atoms with Crippen LogP contribution in [0, 0.1) is 11.3 Å². The van der Waals surface area contributed by atoms with Crippen LogP contribution in [0.15, 0.2) is 18.2 Å². The highest BCUT2D eigenvalue weighted by Crippen LogP contribution is 2.26. The fraction of sp³-hybridized carbons (Fsp3) is 0.273. The van der Waals surface area contributed by atoms with Gasteiger partial charge in [-0.25, -0.2) is 0 Å². The van der Waals surface area contributed by atoms with Crippen molar-refractivity contribution >= 4 is 23.2 Å². The van der Waals surface area contributed by atoms with Crippen molar-refractivity contribution in [1.29, 1.82) is 5.26 Å². The lowest BCUT2D eigenvalue weighted by molar-refractivity contribution is -0.123. The van der Waals surface area contributed by atoms with Gasteiger partial charge < -0.3 is 15.8 Å². The lowest BCUT2D eigenvalue weighted by Gasteiger charge is -2.08. The summed E-state index contributed by atoms with van der Waals surface area (Å²) in [5.41, 5.74) is 6.04. The zero-order valence-electron chi connectivity index (χ0n) is 9.07. The van der Waals surface area contributed by atoms with Crippen molar-refractivity contribution in [3.05, 3.63) is 23.2 Å². The maximum Gasteiger partial charge on any atom is 0.257 e.